The molecule has 6 nitrogen and oxygen atoms in total. The molecule has 0 radical (unpaired) electrons. The third-order valence-corrected chi connectivity index (χ3v) is 3.91. The average molecular weight is 357 g/mol. The first-order chi connectivity index (χ1) is 11.1. The smallest absolute Gasteiger partial charge is 0.322 e. The van der Waals surface area contributed by atoms with E-state index in [1.807, 2.05) is 30.3 Å². The lowest BCUT2D eigenvalue weighted by Gasteiger charge is -2.29. The Hall–Kier alpha value is -1.63. The monoisotopic (exact) mass is 356 g/mol. The molecule has 0 bridgehead atoms. The maximum Gasteiger partial charge on any atom is 0.322 e. The van der Waals surface area contributed by atoms with E-state index in [0.29, 0.717) is 12.5 Å². The standard InChI is InChI=1S/C17H24N2O4.ClH/c20-16(18-10-17(21)22)13-19(11-14-4-2-1-3-5-14)12-15-6-8-23-9-7-15;/h1-5,15H,6-13H2,(H,18,20)(H,21,22);1H. The van der Waals surface area contributed by atoms with Gasteiger partial charge in [0.25, 0.3) is 0 Å². The Bertz CT molecular complexity index is 507. The zero-order valence-corrected chi connectivity index (χ0v) is 14.5. The zero-order valence-electron chi connectivity index (χ0n) is 13.6. The molecule has 1 saturated heterocycles. The SMILES string of the molecule is Cl.O=C(O)CNC(=O)CN(Cc1ccccc1)CC1CCOCC1. The van der Waals surface area contributed by atoms with Gasteiger partial charge < -0.3 is 15.2 Å². The molecule has 1 aliphatic rings. The van der Waals surface area contributed by atoms with Gasteiger partial charge in [0.15, 0.2) is 0 Å². The number of carbonyl (C=O) groups excluding carboxylic acids is 1. The second-order valence-corrected chi connectivity index (χ2v) is 5.88. The Morgan fingerprint density at radius 3 is 2.50 bits per heavy atom. The van der Waals surface area contributed by atoms with Crippen LogP contribution in [-0.2, 0) is 20.9 Å². The van der Waals surface area contributed by atoms with Crippen LogP contribution in [0.4, 0.5) is 0 Å². The predicted molar refractivity (Wildman–Crippen MR) is 93.2 cm³/mol. The van der Waals surface area contributed by atoms with Gasteiger partial charge >= 0.3 is 5.97 Å². The van der Waals surface area contributed by atoms with Gasteiger partial charge in [0.2, 0.25) is 5.91 Å². The highest BCUT2D eigenvalue weighted by Gasteiger charge is 2.19. The topological polar surface area (TPSA) is 78.9 Å². The number of nitrogens with zero attached hydrogens (tertiary/aromatic N) is 1. The van der Waals surface area contributed by atoms with Crippen molar-refractivity contribution in [2.24, 2.45) is 5.92 Å². The number of carboxylic acid groups (broad SMARTS) is 1. The molecule has 1 aliphatic heterocycles. The van der Waals surface area contributed by atoms with Crippen molar-refractivity contribution >= 4 is 24.3 Å². The van der Waals surface area contributed by atoms with Gasteiger partial charge in [0.05, 0.1) is 6.54 Å². The molecule has 0 aliphatic carbocycles. The highest BCUT2D eigenvalue weighted by molar-refractivity contribution is 5.85. The number of benzene rings is 1. The minimum Gasteiger partial charge on any atom is -0.480 e. The number of hydrogen-bond donors (Lipinski definition) is 2. The van der Waals surface area contributed by atoms with E-state index in [-0.39, 0.29) is 31.4 Å². The molecule has 24 heavy (non-hydrogen) atoms. The summed E-state index contributed by atoms with van der Waals surface area (Å²) in [5.74, 6) is -0.771. The molecular formula is C17H25ClN2O4. The molecule has 0 spiro atoms. The minimum absolute atomic E-state index is 0. The molecule has 2 N–H and O–H groups in total. The van der Waals surface area contributed by atoms with Crippen molar-refractivity contribution in [3.63, 3.8) is 0 Å². The van der Waals surface area contributed by atoms with Gasteiger partial charge in [0.1, 0.15) is 6.54 Å². The third-order valence-electron chi connectivity index (χ3n) is 3.91. The number of carboxylic acids is 1. The van der Waals surface area contributed by atoms with Gasteiger partial charge in [0, 0.05) is 26.3 Å². The number of aliphatic carboxylic acids is 1. The summed E-state index contributed by atoms with van der Waals surface area (Å²) in [6, 6.07) is 9.99. The van der Waals surface area contributed by atoms with Crippen LogP contribution in [0.15, 0.2) is 30.3 Å². The molecule has 134 valence electrons. The maximum absolute atomic E-state index is 11.9. The summed E-state index contributed by atoms with van der Waals surface area (Å²) in [5.41, 5.74) is 1.14. The summed E-state index contributed by atoms with van der Waals surface area (Å²) >= 11 is 0. The fourth-order valence-corrected chi connectivity index (χ4v) is 2.75. The summed E-state index contributed by atoms with van der Waals surface area (Å²) in [7, 11) is 0. The van der Waals surface area contributed by atoms with Crippen molar-refractivity contribution < 1.29 is 19.4 Å². The van der Waals surface area contributed by atoms with Gasteiger partial charge in [-0.1, -0.05) is 30.3 Å². The molecule has 1 fully saturated rings. The highest BCUT2D eigenvalue weighted by atomic mass is 35.5. The van der Waals surface area contributed by atoms with Crippen LogP contribution in [0.3, 0.4) is 0 Å². The van der Waals surface area contributed by atoms with Gasteiger partial charge in [-0.2, -0.15) is 0 Å². The number of hydrogen-bond acceptors (Lipinski definition) is 4. The number of rotatable bonds is 8. The van der Waals surface area contributed by atoms with Gasteiger partial charge in [-0.3, -0.25) is 14.5 Å². The Morgan fingerprint density at radius 1 is 1.21 bits per heavy atom. The minimum atomic E-state index is -1.03. The molecule has 1 heterocycles. The molecule has 1 amide bonds. The first-order valence-electron chi connectivity index (χ1n) is 7.96. The fraction of sp³-hybridized carbons (Fsp3) is 0.529. The maximum atomic E-state index is 11.9. The molecule has 0 unspecified atom stereocenters. The molecule has 2 rings (SSSR count). The number of nitrogens with one attached hydrogen (secondary N) is 1. The van der Waals surface area contributed by atoms with Crippen molar-refractivity contribution in [3.8, 4) is 0 Å². The third kappa shape index (κ3) is 7.77. The van der Waals surface area contributed by atoms with Gasteiger partial charge in [-0.25, -0.2) is 0 Å². The quantitative estimate of drug-likeness (QED) is 0.738. The summed E-state index contributed by atoms with van der Waals surface area (Å²) in [4.78, 5) is 24.6. The molecule has 0 saturated carbocycles. The second kappa shape index (κ2) is 11.0. The van der Waals surface area contributed by atoms with Crippen LogP contribution in [0.1, 0.15) is 18.4 Å². The van der Waals surface area contributed by atoms with Gasteiger partial charge in [-0.15, -0.1) is 12.4 Å². The van der Waals surface area contributed by atoms with Crippen LogP contribution in [0.2, 0.25) is 0 Å². The molecule has 0 aromatic heterocycles. The summed E-state index contributed by atoms with van der Waals surface area (Å²) < 4.78 is 5.38. The van der Waals surface area contributed by atoms with E-state index in [1.165, 1.54) is 0 Å². The predicted octanol–water partition coefficient (Wildman–Crippen LogP) is 1.54. The van der Waals surface area contributed by atoms with E-state index >= 15 is 0 Å². The number of carbonyl (C=O) groups is 2. The number of ether oxygens (including phenoxy) is 1. The van der Waals surface area contributed by atoms with Crippen LogP contribution >= 0.6 is 12.4 Å². The highest BCUT2D eigenvalue weighted by Crippen LogP contribution is 2.17. The Kier molecular flexibility index (Phi) is 9.37. The Labute approximate surface area is 148 Å². The number of halogens is 1. The van der Waals surface area contributed by atoms with Crippen LogP contribution in [0.25, 0.3) is 0 Å². The first kappa shape index (κ1) is 20.4. The van der Waals surface area contributed by atoms with E-state index in [0.717, 1.165) is 38.2 Å². The van der Waals surface area contributed by atoms with Crippen molar-refractivity contribution in [1.29, 1.82) is 0 Å². The molecule has 7 heteroatoms. The van der Waals surface area contributed by atoms with Crippen molar-refractivity contribution in [3.05, 3.63) is 35.9 Å². The van der Waals surface area contributed by atoms with Crippen molar-refractivity contribution in [2.75, 3.05) is 32.8 Å². The summed E-state index contributed by atoms with van der Waals surface area (Å²) in [6.07, 6.45) is 2.00. The van der Waals surface area contributed by atoms with E-state index in [2.05, 4.69) is 10.2 Å². The lowest BCUT2D eigenvalue weighted by molar-refractivity contribution is -0.138. The van der Waals surface area contributed by atoms with Gasteiger partial charge in [-0.05, 0) is 24.3 Å². The normalized spacial score (nSPS) is 14.9. The van der Waals surface area contributed by atoms with E-state index in [9.17, 15) is 9.59 Å². The Morgan fingerprint density at radius 2 is 1.88 bits per heavy atom. The largest absolute Gasteiger partial charge is 0.480 e. The Balaban J connectivity index is 0.00000288. The van der Waals surface area contributed by atoms with Crippen LogP contribution in [0.5, 0.6) is 0 Å². The average Bonchev–Trinajstić information content (AvgIpc) is 2.55. The lowest BCUT2D eigenvalue weighted by atomic mass is 9.99. The van der Waals surface area contributed by atoms with Crippen LogP contribution < -0.4 is 5.32 Å². The van der Waals surface area contributed by atoms with E-state index in [4.69, 9.17) is 9.84 Å². The molecule has 0 atom stereocenters. The van der Waals surface area contributed by atoms with Crippen LogP contribution in [-0.4, -0.2) is 54.7 Å². The van der Waals surface area contributed by atoms with Crippen molar-refractivity contribution in [2.45, 2.75) is 19.4 Å². The first-order valence-corrected chi connectivity index (χ1v) is 7.96. The second-order valence-electron chi connectivity index (χ2n) is 5.88. The van der Waals surface area contributed by atoms with Crippen molar-refractivity contribution in [1.82, 2.24) is 10.2 Å². The lowest BCUT2D eigenvalue weighted by Crippen LogP contribution is -2.41. The van der Waals surface area contributed by atoms with E-state index < -0.39 is 5.97 Å². The summed E-state index contributed by atoms with van der Waals surface area (Å²) in [6.45, 7) is 2.91. The van der Waals surface area contributed by atoms with E-state index in [1.54, 1.807) is 0 Å². The fourth-order valence-electron chi connectivity index (χ4n) is 2.75. The molecular weight excluding hydrogens is 332 g/mol. The molecule has 1 aromatic carbocycles. The summed E-state index contributed by atoms with van der Waals surface area (Å²) in [5, 5.41) is 11.1. The zero-order chi connectivity index (χ0) is 16.5. The number of amides is 1. The van der Waals surface area contributed by atoms with Crippen LogP contribution in [0, 0.1) is 5.92 Å². The molecule has 1 aromatic rings.